The molecular weight excluding hydrogens is 398 g/mol. The quantitative estimate of drug-likeness (QED) is 0.478. The molecule has 0 fully saturated rings. The highest BCUT2D eigenvalue weighted by Crippen LogP contribution is 2.36. The van der Waals surface area contributed by atoms with E-state index in [1.807, 2.05) is 0 Å². The van der Waals surface area contributed by atoms with E-state index in [2.05, 4.69) is 15.0 Å². The molecule has 0 bridgehead atoms. The van der Waals surface area contributed by atoms with Crippen LogP contribution in [-0.2, 0) is 41.6 Å². The minimum Gasteiger partial charge on any atom is -0.383 e. The molecule has 28 heavy (non-hydrogen) atoms. The number of carbonyl (C=O) groups excluding carboxylic acids is 1. The Hall–Kier alpha value is -1.88. The van der Waals surface area contributed by atoms with Crippen molar-refractivity contribution in [2.45, 2.75) is 62.2 Å². The van der Waals surface area contributed by atoms with E-state index in [0.29, 0.717) is 5.01 Å². The Labute approximate surface area is 168 Å². The summed E-state index contributed by atoms with van der Waals surface area (Å²) in [5, 5.41) is 19.3. The molecule has 152 valence electrons. The number of nitrogens with zero attached hydrogens (tertiary/aromatic N) is 2. The number of hydrogen-bond donors (Lipinski definition) is 5. The molecule has 2 amide bonds. The van der Waals surface area contributed by atoms with Crippen molar-refractivity contribution >= 4 is 33.4 Å². The van der Waals surface area contributed by atoms with Crippen molar-refractivity contribution in [1.29, 1.82) is 0 Å². The van der Waals surface area contributed by atoms with Crippen molar-refractivity contribution in [3.8, 4) is 0 Å². The van der Waals surface area contributed by atoms with Gasteiger partial charge < -0.3 is 10.4 Å². The molecule has 0 spiro atoms. The average Bonchev–Trinajstić information content (AvgIpc) is 3.33. The fourth-order valence-electron chi connectivity index (χ4n) is 3.79. The predicted octanol–water partition coefficient (Wildman–Crippen LogP) is 1.73. The molecule has 0 aliphatic heterocycles. The van der Waals surface area contributed by atoms with Gasteiger partial charge in [0.1, 0.15) is 14.8 Å². The number of thiazole rings is 1. The molecule has 2 aromatic heterocycles. The van der Waals surface area contributed by atoms with Crippen LogP contribution in [0.4, 0.5) is 10.5 Å². The summed E-state index contributed by atoms with van der Waals surface area (Å²) < 4.78 is 15.6. The molecule has 2 aromatic rings. The second-order valence-electron chi connectivity index (χ2n) is 7.83. The minimum absolute atomic E-state index is 0.241. The molecule has 0 unspecified atom stereocenters. The Morgan fingerprint density at radius 3 is 2.36 bits per heavy atom. The monoisotopic (exact) mass is 423 g/mol. The van der Waals surface area contributed by atoms with Gasteiger partial charge in [-0.25, -0.2) is 14.0 Å². The summed E-state index contributed by atoms with van der Waals surface area (Å²) in [4.78, 5) is 21.5. The van der Waals surface area contributed by atoms with Crippen LogP contribution in [0.3, 0.4) is 0 Å². The van der Waals surface area contributed by atoms with Crippen LogP contribution in [0.25, 0.3) is 0 Å². The van der Waals surface area contributed by atoms with Gasteiger partial charge in [-0.05, 0) is 63.5 Å². The Morgan fingerprint density at radius 2 is 1.82 bits per heavy atom. The fourth-order valence-corrected chi connectivity index (χ4v) is 6.08. The van der Waals surface area contributed by atoms with Crippen LogP contribution in [-0.4, -0.2) is 25.3 Å². The lowest BCUT2D eigenvalue weighted by Gasteiger charge is -2.21. The van der Waals surface area contributed by atoms with E-state index in [0.717, 1.165) is 78.1 Å². The van der Waals surface area contributed by atoms with E-state index >= 15 is 0 Å². The highest BCUT2D eigenvalue weighted by Gasteiger charge is 2.28. The van der Waals surface area contributed by atoms with Gasteiger partial charge in [-0.1, -0.05) is 0 Å². The number of anilines is 1. The highest BCUT2D eigenvalue weighted by molar-refractivity contribution is 8.01. The number of hydrogen-bond acceptors (Lipinski definition) is 6. The van der Waals surface area contributed by atoms with Gasteiger partial charge in [0.2, 0.25) is 0 Å². The van der Waals surface area contributed by atoms with Crippen molar-refractivity contribution in [3.63, 3.8) is 0 Å². The highest BCUT2D eigenvalue weighted by atomic mass is 32.3. The van der Waals surface area contributed by atoms with Crippen LogP contribution in [0, 0.1) is 0 Å². The lowest BCUT2D eigenvalue weighted by atomic mass is 10.1. The number of thiol groups is 1. The van der Waals surface area contributed by atoms with Gasteiger partial charge in [-0.15, -0.1) is 11.3 Å². The third kappa shape index (κ3) is 3.57. The molecule has 0 atom stereocenters. The van der Waals surface area contributed by atoms with Crippen molar-refractivity contribution in [3.05, 3.63) is 33.7 Å². The van der Waals surface area contributed by atoms with Gasteiger partial charge in [-0.2, -0.15) is 0 Å². The Bertz CT molecular complexity index is 964. The van der Waals surface area contributed by atoms with E-state index in [4.69, 9.17) is 10.1 Å². The standard InChI is InChI=1S/C18H25N5O3S2/c1-18(2,25)16-20-9-14(27-16)28(19,26)23-17(24)22-15-10-5-3-7-12(10)21-13-8-4-6-11(13)15/h9,25,28H,3-8H2,1-2H3,(H4,19,21,22,23,24,26). The first-order valence-corrected chi connectivity index (χ1v) is 11.9. The van der Waals surface area contributed by atoms with Gasteiger partial charge in [0.25, 0.3) is 0 Å². The van der Waals surface area contributed by atoms with Crippen molar-refractivity contribution in [2.75, 3.05) is 5.32 Å². The molecule has 2 heterocycles. The number of rotatable bonds is 4. The zero-order chi connectivity index (χ0) is 20.1. The number of aromatic nitrogens is 2. The average molecular weight is 424 g/mol. The second kappa shape index (κ2) is 6.87. The van der Waals surface area contributed by atoms with Gasteiger partial charge in [0.05, 0.1) is 11.9 Å². The molecule has 4 rings (SSSR count). The predicted molar refractivity (Wildman–Crippen MR) is 110 cm³/mol. The molecule has 2 aliphatic carbocycles. The van der Waals surface area contributed by atoms with E-state index in [1.165, 1.54) is 6.20 Å². The van der Waals surface area contributed by atoms with Gasteiger partial charge >= 0.3 is 6.03 Å². The summed E-state index contributed by atoms with van der Waals surface area (Å²) in [5.74, 6) is 0. The number of carbonyl (C=O) groups is 1. The summed E-state index contributed by atoms with van der Waals surface area (Å²) in [6, 6.07) is -0.599. The molecule has 8 nitrogen and oxygen atoms in total. The van der Waals surface area contributed by atoms with Gasteiger partial charge in [0, 0.05) is 21.7 Å². The van der Waals surface area contributed by atoms with Crippen LogP contribution in [0.5, 0.6) is 0 Å². The largest absolute Gasteiger partial charge is 0.383 e. The normalized spacial score (nSPS) is 16.6. The van der Waals surface area contributed by atoms with Crippen LogP contribution in [0.1, 0.15) is 54.2 Å². The molecule has 0 saturated heterocycles. The number of pyridine rings is 1. The van der Waals surface area contributed by atoms with Crippen molar-refractivity contribution in [2.24, 2.45) is 5.14 Å². The van der Waals surface area contributed by atoms with Gasteiger partial charge in [0.15, 0.2) is 0 Å². The third-order valence-electron chi connectivity index (χ3n) is 5.10. The lowest BCUT2D eigenvalue weighted by molar-refractivity contribution is 0.0783. The summed E-state index contributed by atoms with van der Waals surface area (Å²) in [6.45, 7) is 3.17. The maximum absolute atomic E-state index is 12.9. The van der Waals surface area contributed by atoms with Crippen LogP contribution in [0.2, 0.25) is 0 Å². The molecular formula is C18H25N5O3S2. The Kier molecular flexibility index (Phi) is 4.77. The minimum atomic E-state index is -3.66. The number of aliphatic hydroxyl groups is 1. The van der Waals surface area contributed by atoms with Crippen LogP contribution >= 0.6 is 11.3 Å². The molecule has 0 saturated carbocycles. The maximum atomic E-state index is 12.9. The molecule has 2 aliphatic rings. The second-order valence-corrected chi connectivity index (χ2v) is 11.2. The Balaban J connectivity index is 1.55. The first kappa shape index (κ1) is 19.4. The topological polar surface area (TPSA) is 130 Å². The fraction of sp³-hybridized carbons (Fsp3) is 0.500. The SMILES string of the molecule is CC(C)(O)c1ncc([SH](N)(=O)NC(=O)Nc2c3c(nc4c2CCC4)CCC3)s1. The molecule has 0 radical (unpaired) electrons. The van der Waals surface area contributed by atoms with Crippen molar-refractivity contribution in [1.82, 2.24) is 14.7 Å². The van der Waals surface area contributed by atoms with E-state index in [1.54, 1.807) is 13.8 Å². The van der Waals surface area contributed by atoms with Crippen molar-refractivity contribution < 1.29 is 14.1 Å². The zero-order valence-corrected chi connectivity index (χ0v) is 17.6. The Morgan fingerprint density at radius 1 is 1.21 bits per heavy atom. The summed E-state index contributed by atoms with van der Waals surface area (Å²) in [5.41, 5.74) is 3.94. The smallest absolute Gasteiger partial charge is 0.330 e. The number of amides is 2. The maximum Gasteiger partial charge on any atom is 0.330 e. The van der Waals surface area contributed by atoms with Crippen LogP contribution < -0.4 is 15.2 Å². The number of aryl methyl sites for hydroxylation is 2. The number of urea groups is 1. The molecule has 10 heteroatoms. The number of nitrogens with two attached hydrogens (primary N) is 1. The summed E-state index contributed by atoms with van der Waals surface area (Å²) in [6.07, 6.45) is 7.02. The van der Waals surface area contributed by atoms with Gasteiger partial charge in [-0.3, -0.25) is 14.8 Å². The number of nitrogens with one attached hydrogen (secondary N) is 2. The summed E-state index contributed by atoms with van der Waals surface area (Å²) >= 11 is 1.03. The van der Waals surface area contributed by atoms with Crippen LogP contribution in [0.15, 0.2) is 10.4 Å². The summed E-state index contributed by atoms with van der Waals surface area (Å²) in [7, 11) is -3.66. The first-order valence-electron chi connectivity index (χ1n) is 9.36. The molecule has 0 aromatic carbocycles. The number of fused-ring (bicyclic) bond motifs is 2. The van der Waals surface area contributed by atoms with E-state index in [-0.39, 0.29) is 4.21 Å². The first-order chi connectivity index (χ1) is 13.1. The van der Waals surface area contributed by atoms with E-state index in [9.17, 15) is 14.1 Å². The third-order valence-corrected chi connectivity index (χ3v) is 8.61. The van der Waals surface area contributed by atoms with E-state index < -0.39 is 21.9 Å². The molecule has 5 N–H and O–H groups in total. The lowest BCUT2D eigenvalue weighted by Crippen LogP contribution is -2.44. The zero-order valence-electron chi connectivity index (χ0n) is 15.9.